The van der Waals surface area contributed by atoms with E-state index < -0.39 is 0 Å². The fourth-order valence-electron chi connectivity index (χ4n) is 2.41. The van der Waals surface area contributed by atoms with Crippen LogP contribution in [0.3, 0.4) is 0 Å². The number of methoxy groups -OCH3 is 1. The summed E-state index contributed by atoms with van der Waals surface area (Å²) in [7, 11) is 1.64. The van der Waals surface area contributed by atoms with Gasteiger partial charge in [-0.15, -0.1) is 0 Å². The van der Waals surface area contributed by atoms with Crippen LogP contribution >= 0.6 is 0 Å². The van der Waals surface area contributed by atoms with Crippen molar-refractivity contribution in [2.75, 3.05) is 13.7 Å². The van der Waals surface area contributed by atoms with Crippen LogP contribution in [0, 0.1) is 5.92 Å². The lowest BCUT2D eigenvalue weighted by Crippen LogP contribution is -2.27. The van der Waals surface area contributed by atoms with Crippen molar-refractivity contribution in [3.8, 4) is 5.75 Å². The van der Waals surface area contributed by atoms with Gasteiger partial charge in [-0.25, -0.2) is 0 Å². The fraction of sp³-hybridized carbons (Fsp3) is 0.588. The number of amides is 1. The summed E-state index contributed by atoms with van der Waals surface area (Å²) < 4.78 is 5.13. The maximum atomic E-state index is 12.0. The van der Waals surface area contributed by atoms with E-state index in [1.165, 1.54) is 0 Å². The van der Waals surface area contributed by atoms with E-state index in [0.717, 1.165) is 30.6 Å². The topological polar surface area (TPSA) is 64.4 Å². The zero-order valence-electron chi connectivity index (χ0n) is 13.4. The average Bonchev–Trinajstić information content (AvgIpc) is 2.51. The largest absolute Gasteiger partial charge is 0.497 e. The van der Waals surface area contributed by atoms with Crippen molar-refractivity contribution in [1.82, 2.24) is 5.32 Å². The van der Waals surface area contributed by atoms with E-state index in [1.807, 2.05) is 31.2 Å². The fourth-order valence-corrected chi connectivity index (χ4v) is 2.41. The lowest BCUT2D eigenvalue weighted by Gasteiger charge is -2.17. The molecule has 0 saturated carbocycles. The molecule has 0 fully saturated rings. The van der Waals surface area contributed by atoms with Crippen LogP contribution in [0.1, 0.15) is 51.1 Å². The van der Waals surface area contributed by atoms with E-state index in [0.29, 0.717) is 18.9 Å². The molecule has 118 valence electrons. The molecule has 0 saturated heterocycles. The first-order valence-electron chi connectivity index (χ1n) is 7.74. The van der Waals surface area contributed by atoms with Crippen LogP contribution in [-0.4, -0.2) is 19.6 Å². The van der Waals surface area contributed by atoms with E-state index in [-0.39, 0.29) is 11.9 Å². The summed E-state index contributed by atoms with van der Waals surface area (Å²) in [6.07, 6.45) is 3.56. The predicted octanol–water partition coefficient (Wildman–Crippen LogP) is 3.03. The molecule has 0 aliphatic rings. The third kappa shape index (κ3) is 6.17. The molecule has 2 atom stereocenters. The summed E-state index contributed by atoms with van der Waals surface area (Å²) in [4.78, 5) is 12.0. The lowest BCUT2D eigenvalue weighted by atomic mass is 9.96. The van der Waals surface area contributed by atoms with Crippen molar-refractivity contribution in [1.29, 1.82) is 0 Å². The van der Waals surface area contributed by atoms with Crippen molar-refractivity contribution in [2.45, 2.75) is 45.6 Å². The van der Waals surface area contributed by atoms with E-state index in [9.17, 15) is 4.79 Å². The standard InChI is InChI=1S/C17H28N2O2/c1-4-14(11-12-18)5-10-17(20)19-13(2)15-6-8-16(21-3)9-7-15/h6-9,13-14H,4-5,10-12,18H2,1-3H3,(H,19,20). The van der Waals surface area contributed by atoms with E-state index in [1.54, 1.807) is 7.11 Å². The molecule has 3 N–H and O–H groups in total. The number of rotatable bonds is 9. The van der Waals surface area contributed by atoms with Gasteiger partial charge in [-0.05, 0) is 49.9 Å². The molecule has 0 bridgehead atoms. The van der Waals surface area contributed by atoms with Gasteiger partial charge in [0.05, 0.1) is 13.2 Å². The van der Waals surface area contributed by atoms with Gasteiger partial charge < -0.3 is 15.8 Å². The second-order valence-electron chi connectivity index (χ2n) is 5.45. The van der Waals surface area contributed by atoms with Gasteiger partial charge in [0, 0.05) is 6.42 Å². The molecule has 0 aliphatic heterocycles. The van der Waals surface area contributed by atoms with Crippen LogP contribution in [0.5, 0.6) is 5.75 Å². The van der Waals surface area contributed by atoms with Crippen molar-refractivity contribution >= 4 is 5.91 Å². The molecule has 1 aromatic rings. The van der Waals surface area contributed by atoms with Gasteiger partial charge in [0.1, 0.15) is 5.75 Å². The number of benzene rings is 1. The molecule has 0 radical (unpaired) electrons. The Morgan fingerprint density at radius 1 is 1.29 bits per heavy atom. The summed E-state index contributed by atoms with van der Waals surface area (Å²) in [5, 5.41) is 3.04. The number of nitrogens with two attached hydrogens (primary N) is 1. The molecule has 4 heteroatoms. The first-order chi connectivity index (χ1) is 10.1. The summed E-state index contributed by atoms with van der Waals surface area (Å²) in [5.41, 5.74) is 6.66. The highest BCUT2D eigenvalue weighted by molar-refractivity contribution is 5.76. The molecule has 0 spiro atoms. The molecule has 0 heterocycles. The molecule has 4 nitrogen and oxygen atoms in total. The highest BCUT2D eigenvalue weighted by atomic mass is 16.5. The first kappa shape index (κ1) is 17.5. The summed E-state index contributed by atoms with van der Waals surface area (Å²) >= 11 is 0. The number of carbonyl (C=O) groups is 1. The van der Waals surface area contributed by atoms with Crippen molar-refractivity contribution in [3.05, 3.63) is 29.8 Å². The zero-order chi connectivity index (χ0) is 15.7. The lowest BCUT2D eigenvalue weighted by molar-refractivity contribution is -0.122. The molecule has 0 aliphatic carbocycles. The highest BCUT2D eigenvalue weighted by Gasteiger charge is 2.12. The Morgan fingerprint density at radius 3 is 2.48 bits per heavy atom. The second kappa shape index (κ2) is 9.40. The monoisotopic (exact) mass is 292 g/mol. The van der Waals surface area contributed by atoms with Gasteiger partial charge in [0.2, 0.25) is 5.91 Å². The van der Waals surface area contributed by atoms with Crippen LogP contribution in [0.4, 0.5) is 0 Å². The Bertz CT molecular complexity index is 417. The van der Waals surface area contributed by atoms with Gasteiger partial charge in [0.25, 0.3) is 0 Å². The average molecular weight is 292 g/mol. The first-order valence-corrected chi connectivity index (χ1v) is 7.74. The van der Waals surface area contributed by atoms with E-state index in [2.05, 4.69) is 12.2 Å². The van der Waals surface area contributed by atoms with Crippen LogP contribution in [0.2, 0.25) is 0 Å². The maximum absolute atomic E-state index is 12.0. The number of carbonyl (C=O) groups excluding carboxylic acids is 1. The highest BCUT2D eigenvalue weighted by Crippen LogP contribution is 2.18. The summed E-state index contributed by atoms with van der Waals surface area (Å²) in [6.45, 7) is 4.84. The van der Waals surface area contributed by atoms with Crippen molar-refractivity contribution < 1.29 is 9.53 Å². The molecular weight excluding hydrogens is 264 g/mol. The van der Waals surface area contributed by atoms with Crippen LogP contribution in [0.15, 0.2) is 24.3 Å². The minimum Gasteiger partial charge on any atom is -0.497 e. The van der Waals surface area contributed by atoms with Gasteiger partial charge >= 0.3 is 0 Å². The molecular formula is C17H28N2O2. The minimum atomic E-state index is 0.0120. The molecule has 2 unspecified atom stereocenters. The normalized spacial score (nSPS) is 13.5. The van der Waals surface area contributed by atoms with Crippen LogP contribution < -0.4 is 15.8 Å². The van der Waals surface area contributed by atoms with Gasteiger partial charge in [-0.3, -0.25) is 4.79 Å². The third-order valence-corrected chi connectivity index (χ3v) is 3.93. The van der Waals surface area contributed by atoms with Crippen molar-refractivity contribution in [3.63, 3.8) is 0 Å². The Labute approximate surface area is 128 Å². The molecule has 1 aromatic carbocycles. The van der Waals surface area contributed by atoms with Gasteiger partial charge in [0.15, 0.2) is 0 Å². The Balaban J connectivity index is 2.42. The third-order valence-electron chi connectivity index (χ3n) is 3.93. The number of nitrogens with one attached hydrogen (secondary N) is 1. The molecule has 1 rings (SSSR count). The summed E-state index contributed by atoms with van der Waals surface area (Å²) in [6, 6.07) is 7.79. The Kier molecular flexibility index (Phi) is 7.83. The number of hydrogen-bond acceptors (Lipinski definition) is 3. The van der Waals surface area contributed by atoms with Gasteiger partial charge in [-0.2, -0.15) is 0 Å². The maximum Gasteiger partial charge on any atom is 0.220 e. The Morgan fingerprint density at radius 2 is 1.95 bits per heavy atom. The van der Waals surface area contributed by atoms with E-state index in [4.69, 9.17) is 10.5 Å². The SMILES string of the molecule is CCC(CCN)CCC(=O)NC(C)c1ccc(OC)cc1. The molecule has 21 heavy (non-hydrogen) atoms. The Hall–Kier alpha value is -1.55. The number of hydrogen-bond donors (Lipinski definition) is 2. The number of ether oxygens (including phenoxy) is 1. The van der Waals surface area contributed by atoms with Crippen LogP contribution in [0.25, 0.3) is 0 Å². The molecule has 0 aromatic heterocycles. The second-order valence-corrected chi connectivity index (χ2v) is 5.45. The van der Waals surface area contributed by atoms with Crippen LogP contribution in [-0.2, 0) is 4.79 Å². The van der Waals surface area contributed by atoms with E-state index >= 15 is 0 Å². The smallest absolute Gasteiger partial charge is 0.220 e. The van der Waals surface area contributed by atoms with Gasteiger partial charge in [-0.1, -0.05) is 25.5 Å². The summed E-state index contributed by atoms with van der Waals surface area (Å²) in [5.74, 6) is 1.48. The molecule has 1 amide bonds. The zero-order valence-corrected chi connectivity index (χ0v) is 13.4. The van der Waals surface area contributed by atoms with Crippen molar-refractivity contribution in [2.24, 2.45) is 11.7 Å². The quantitative estimate of drug-likeness (QED) is 0.735. The minimum absolute atomic E-state index is 0.0120. The predicted molar refractivity (Wildman–Crippen MR) is 86.2 cm³/mol.